The van der Waals surface area contributed by atoms with Crippen LogP contribution >= 0.6 is 0 Å². The average molecular weight is 294 g/mol. The van der Waals surface area contributed by atoms with Crippen LogP contribution in [0.5, 0.6) is 0 Å². The topological polar surface area (TPSA) is 86.7 Å². The van der Waals surface area contributed by atoms with Gasteiger partial charge in [-0.25, -0.2) is 0 Å². The van der Waals surface area contributed by atoms with Crippen LogP contribution in [0.15, 0.2) is 34.1 Å². The number of hydrogen-bond donors (Lipinski definition) is 0. The Bertz CT molecular complexity index is 548. The Kier molecular flexibility index (Phi) is 4.85. The van der Waals surface area contributed by atoms with Crippen molar-refractivity contribution in [3.05, 3.63) is 24.3 Å². The van der Waals surface area contributed by atoms with Gasteiger partial charge in [0.25, 0.3) is 20.2 Å². The third-order valence-corrected chi connectivity index (χ3v) is 4.94. The molecule has 0 saturated carbocycles. The smallest absolute Gasteiger partial charge is 0.267 e. The molecule has 102 valence electrons. The van der Waals surface area contributed by atoms with Crippen LogP contribution in [-0.4, -0.2) is 30.0 Å². The fraction of sp³-hybridized carbons (Fsp3) is 0.400. The molecule has 0 aliphatic carbocycles. The quantitative estimate of drug-likeness (QED) is 0.731. The molecular formula is C10H14O6S2. The summed E-state index contributed by atoms with van der Waals surface area (Å²) in [5.74, 6) is 0. The van der Waals surface area contributed by atoms with Crippen LogP contribution in [0.1, 0.15) is 13.8 Å². The van der Waals surface area contributed by atoms with Crippen molar-refractivity contribution in [3.8, 4) is 0 Å². The third-order valence-electron chi connectivity index (χ3n) is 1.93. The summed E-state index contributed by atoms with van der Waals surface area (Å²) in [7, 11) is -8.20. The standard InChI is InChI=1S/C10H14O6S2/c1-3-15-17(11,12)9-7-5-6-8-10(9)18(13,14)16-4-2/h5-8H,3-4H2,1-2H3. The minimum Gasteiger partial charge on any atom is -0.267 e. The predicted octanol–water partition coefficient (Wildman–Crippen LogP) is 1.14. The van der Waals surface area contributed by atoms with Gasteiger partial charge in [-0.05, 0) is 26.0 Å². The first-order valence-corrected chi connectivity index (χ1v) is 8.04. The molecule has 0 atom stereocenters. The highest BCUT2D eigenvalue weighted by Gasteiger charge is 2.26. The summed E-state index contributed by atoms with van der Waals surface area (Å²) in [4.78, 5) is -0.833. The van der Waals surface area contributed by atoms with Crippen LogP contribution in [-0.2, 0) is 28.6 Å². The van der Waals surface area contributed by atoms with Gasteiger partial charge in [0.15, 0.2) is 0 Å². The molecule has 6 nitrogen and oxygen atoms in total. The van der Waals surface area contributed by atoms with E-state index in [1.807, 2.05) is 0 Å². The fourth-order valence-corrected chi connectivity index (χ4v) is 3.91. The van der Waals surface area contributed by atoms with Gasteiger partial charge in [0.05, 0.1) is 13.2 Å². The Morgan fingerprint density at radius 3 is 1.44 bits per heavy atom. The molecule has 0 aliphatic rings. The van der Waals surface area contributed by atoms with Gasteiger partial charge in [0, 0.05) is 0 Å². The first kappa shape index (κ1) is 15.1. The predicted molar refractivity (Wildman–Crippen MR) is 64.1 cm³/mol. The minimum absolute atomic E-state index is 0.0780. The van der Waals surface area contributed by atoms with Crippen LogP contribution in [0, 0.1) is 0 Å². The number of rotatable bonds is 6. The maximum atomic E-state index is 11.8. The lowest BCUT2D eigenvalue weighted by molar-refractivity contribution is 0.328. The molecule has 0 amide bonds. The van der Waals surface area contributed by atoms with E-state index in [-0.39, 0.29) is 13.2 Å². The minimum atomic E-state index is -4.10. The zero-order chi connectivity index (χ0) is 13.8. The van der Waals surface area contributed by atoms with E-state index in [0.29, 0.717) is 0 Å². The molecular weight excluding hydrogens is 280 g/mol. The van der Waals surface area contributed by atoms with Gasteiger partial charge >= 0.3 is 0 Å². The van der Waals surface area contributed by atoms with Crippen molar-refractivity contribution < 1.29 is 25.2 Å². The molecule has 0 unspecified atom stereocenters. The van der Waals surface area contributed by atoms with E-state index < -0.39 is 30.0 Å². The van der Waals surface area contributed by atoms with Crippen LogP contribution < -0.4 is 0 Å². The monoisotopic (exact) mass is 294 g/mol. The molecule has 0 bridgehead atoms. The summed E-state index contributed by atoms with van der Waals surface area (Å²) in [5, 5.41) is 0. The molecule has 1 aromatic carbocycles. The molecule has 0 N–H and O–H groups in total. The van der Waals surface area contributed by atoms with Gasteiger partial charge in [0.1, 0.15) is 9.79 Å². The highest BCUT2D eigenvalue weighted by Crippen LogP contribution is 2.23. The summed E-state index contributed by atoms with van der Waals surface area (Å²) in [6.45, 7) is 2.84. The van der Waals surface area contributed by atoms with Crippen LogP contribution in [0.2, 0.25) is 0 Å². The SMILES string of the molecule is CCOS(=O)(=O)c1ccccc1S(=O)(=O)OCC. The lowest BCUT2D eigenvalue weighted by atomic mass is 10.4. The molecule has 0 aromatic heterocycles. The molecule has 0 spiro atoms. The van der Waals surface area contributed by atoms with E-state index in [2.05, 4.69) is 8.37 Å². The fourth-order valence-electron chi connectivity index (χ4n) is 1.30. The first-order chi connectivity index (χ1) is 8.35. The van der Waals surface area contributed by atoms with Crippen molar-refractivity contribution in [2.45, 2.75) is 23.6 Å². The molecule has 0 radical (unpaired) electrons. The average Bonchev–Trinajstić information content (AvgIpc) is 2.29. The summed E-state index contributed by atoms with van der Waals surface area (Å²) in [6, 6.07) is 5.15. The zero-order valence-electron chi connectivity index (χ0n) is 9.99. The Morgan fingerprint density at radius 1 is 0.833 bits per heavy atom. The molecule has 0 fully saturated rings. The van der Waals surface area contributed by atoms with E-state index >= 15 is 0 Å². The second-order valence-electron chi connectivity index (χ2n) is 3.17. The van der Waals surface area contributed by atoms with Crippen LogP contribution in [0.3, 0.4) is 0 Å². The zero-order valence-corrected chi connectivity index (χ0v) is 11.6. The molecule has 0 aliphatic heterocycles. The second kappa shape index (κ2) is 5.79. The molecule has 1 rings (SSSR count). The second-order valence-corrected chi connectivity index (χ2v) is 6.34. The first-order valence-electron chi connectivity index (χ1n) is 5.23. The maximum absolute atomic E-state index is 11.8. The third kappa shape index (κ3) is 3.29. The molecule has 8 heteroatoms. The van der Waals surface area contributed by atoms with Crippen molar-refractivity contribution in [1.82, 2.24) is 0 Å². The van der Waals surface area contributed by atoms with Gasteiger partial charge < -0.3 is 0 Å². The van der Waals surface area contributed by atoms with Crippen LogP contribution in [0.25, 0.3) is 0 Å². The van der Waals surface area contributed by atoms with Gasteiger partial charge in [-0.3, -0.25) is 8.37 Å². The lowest BCUT2D eigenvalue weighted by Gasteiger charge is -2.09. The molecule has 1 aromatic rings. The number of benzene rings is 1. The van der Waals surface area contributed by atoms with Crippen molar-refractivity contribution in [1.29, 1.82) is 0 Å². The lowest BCUT2D eigenvalue weighted by Crippen LogP contribution is -2.14. The summed E-state index contributed by atoms with van der Waals surface area (Å²) in [5.41, 5.74) is 0. The van der Waals surface area contributed by atoms with E-state index in [9.17, 15) is 16.8 Å². The van der Waals surface area contributed by atoms with E-state index in [1.165, 1.54) is 26.0 Å². The molecule has 0 heterocycles. The van der Waals surface area contributed by atoms with Crippen molar-refractivity contribution in [2.75, 3.05) is 13.2 Å². The summed E-state index contributed by atoms with van der Waals surface area (Å²) >= 11 is 0. The highest BCUT2D eigenvalue weighted by atomic mass is 32.2. The van der Waals surface area contributed by atoms with Gasteiger partial charge in [-0.2, -0.15) is 16.8 Å². The Morgan fingerprint density at radius 2 is 1.17 bits per heavy atom. The number of hydrogen-bond acceptors (Lipinski definition) is 6. The Balaban J connectivity index is 3.41. The van der Waals surface area contributed by atoms with Gasteiger partial charge in [-0.15, -0.1) is 0 Å². The Hall–Kier alpha value is -0.960. The van der Waals surface area contributed by atoms with E-state index in [4.69, 9.17) is 0 Å². The maximum Gasteiger partial charge on any atom is 0.298 e. The normalized spacial score (nSPS) is 12.6. The molecule has 18 heavy (non-hydrogen) atoms. The largest absolute Gasteiger partial charge is 0.298 e. The highest BCUT2D eigenvalue weighted by molar-refractivity contribution is 7.90. The Labute approximate surface area is 107 Å². The van der Waals surface area contributed by atoms with Gasteiger partial charge in [-0.1, -0.05) is 12.1 Å². The summed E-state index contributed by atoms with van der Waals surface area (Å²) < 4.78 is 56.2. The van der Waals surface area contributed by atoms with E-state index in [1.54, 1.807) is 0 Å². The van der Waals surface area contributed by atoms with Gasteiger partial charge in [0.2, 0.25) is 0 Å². The van der Waals surface area contributed by atoms with Crippen LogP contribution in [0.4, 0.5) is 0 Å². The van der Waals surface area contributed by atoms with Crippen molar-refractivity contribution in [2.24, 2.45) is 0 Å². The van der Waals surface area contributed by atoms with E-state index in [0.717, 1.165) is 12.1 Å². The summed E-state index contributed by atoms with van der Waals surface area (Å²) in [6.07, 6.45) is 0. The van der Waals surface area contributed by atoms with Crippen molar-refractivity contribution >= 4 is 20.2 Å². The van der Waals surface area contributed by atoms with Crippen molar-refractivity contribution in [3.63, 3.8) is 0 Å². The molecule has 0 saturated heterocycles.